The van der Waals surface area contributed by atoms with Crippen LogP contribution in [0.5, 0.6) is 0 Å². The Balaban J connectivity index is 2.06. The van der Waals surface area contributed by atoms with Crippen LogP contribution >= 0.6 is 0 Å². The van der Waals surface area contributed by atoms with Crippen LogP contribution < -0.4 is 5.43 Å². The van der Waals surface area contributed by atoms with Gasteiger partial charge in [0, 0.05) is 24.6 Å². The second-order valence-electron chi connectivity index (χ2n) is 5.83. The number of aryl methyl sites for hydroxylation is 1. The van der Waals surface area contributed by atoms with Crippen LogP contribution in [0.25, 0.3) is 0 Å². The van der Waals surface area contributed by atoms with E-state index >= 15 is 0 Å². The molecule has 1 atom stereocenters. The topological polar surface area (TPSA) is 97.1 Å². The minimum Gasteiger partial charge on any atom is -0.466 e. The molecule has 1 aliphatic rings. The highest BCUT2D eigenvalue weighted by atomic mass is 19.4. The van der Waals surface area contributed by atoms with E-state index in [0.717, 1.165) is 11.3 Å². The van der Waals surface area contributed by atoms with Crippen LogP contribution in [-0.2, 0) is 22.5 Å². The molecule has 0 aliphatic carbocycles. The molecule has 8 nitrogen and oxygen atoms in total. The molecule has 1 N–H and O–H groups in total. The Kier molecular flexibility index (Phi) is 6.72. The number of carbonyl (C=O) groups is 1. The zero-order valence-corrected chi connectivity index (χ0v) is 14.5. The predicted molar refractivity (Wildman–Crippen MR) is 89.7 cm³/mol. The number of hydrazine groups is 1. The first kappa shape index (κ1) is 20.6. The highest BCUT2D eigenvalue weighted by molar-refractivity contribution is 5.69. The average molecular weight is 388 g/mol. The van der Waals surface area contributed by atoms with Crippen LogP contribution in [0.3, 0.4) is 0 Å². The SMILES string of the molecule is CCOC(=O)CCCc1ccc(CN2NC=NC2C(F)(F)F)cc1[N+](=O)[O-]. The standard InChI is InChI=1S/C16H19F3N4O4/c1-2-27-14(24)5-3-4-12-7-6-11(8-13(12)23(25)26)9-22-15(16(17,18)19)20-10-21-22/h6-8,10,15H,2-5,9H2,1H3,(H,20,21). The van der Waals surface area contributed by atoms with Crippen LogP contribution in [0.1, 0.15) is 30.9 Å². The molecule has 27 heavy (non-hydrogen) atoms. The Morgan fingerprint density at radius 1 is 1.44 bits per heavy atom. The van der Waals surface area contributed by atoms with E-state index in [1.54, 1.807) is 6.92 Å². The fourth-order valence-corrected chi connectivity index (χ4v) is 2.66. The second-order valence-corrected chi connectivity index (χ2v) is 5.83. The van der Waals surface area contributed by atoms with Gasteiger partial charge in [0.05, 0.1) is 17.9 Å². The number of nitrogens with zero attached hydrogens (tertiary/aromatic N) is 3. The first-order chi connectivity index (χ1) is 12.7. The quantitative estimate of drug-likeness (QED) is 0.418. The van der Waals surface area contributed by atoms with Crippen molar-refractivity contribution in [3.8, 4) is 0 Å². The monoisotopic (exact) mass is 388 g/mol. The molecule has 11 heteroatoms. The van der Waals surface area contributed by atoms with Gasteiger partial charge in [0.15, 0.2) is 0 Å². The Labute approximate surface area is 153 Å². The van der Waals surface area contributed by atoms with Gasteiger partial charge in [-0.3, -0.25) is 14.9 Å². The molecule has 0 spiro atoms. The number of halogens is 3. The average Bonchev–Trinajstić information content (AvgIpc) is 3.04. The number of carbonyl (C=O) groups excluding carboxylic acids is 1. The molecule has 0 saturated carbocycles. The number of hydrogen-bond acceptors (Lipinski definition) is 7. The van der Waals surface area contributed by atoms with Crippen molar-refractivity contribution in [2.75, 3.05) is 6.61 Å². The highest BCUT2D eigenvalue weighted by Gasteiger charge is 2.45. The van der Waals surface area contributed by atoms with Gasteiger partial charge in [0.2, 0.25) is 6.17 Å². The number of benzene rings is 1. The van der Waals surface area contributed by atoms with Crippen LogP contribution in [0.4, 0.5) is 18.9 Å². The van der Waals surface area contributed by atoms with E-state index in [4.69, 9.17) is 4.74 Å². The number of nitro groups is 1. The number of ether oxygens (including phenoxy) is 1. The predicted octanol–water partition coefficient (Wildman–Crippen LogP) is 2.72. The second kappa shape index (κ2) is 8.80. The van der Waals surface area contributed by atoms with Crippen molar-refractivity contribution >= 4 is 18.0 Å². The van der Waals surface area contributed by atoms with Gasteiger partial charge >= 0.3 is 12.1 Å². The van der Waals surface area contributed by atoms with Gasteiger partial charge in [0.25, 0.3) is 5.69 Å². The minimum absolute atomic E-state index is 0.134. The van der Waals surface area contributed by atoms with Gasteiger partial charge in [-0.15, -0.1) is 0 Å². The van der Waals surface area contributed by atoms with Crippen molar-refractivity contribution in [1.82, 2.24) is 10.4 Å². The van der Waals surface area contributed by atoms with E-state index in [1.165, 1.54) is 18.2 Å². The molecule has 0 bridgehead atoms. The summed E-state index contributed by atoms with van der Waals surface area (Å²) in [5.41, 5.74) is 2.93. The van der Waals surface area contributed by atoms with Crippen molar-refractivity contribution in [1.29, 1.82) is 0 Å². The van der Waals surface area contributed by atoms with E-state index in [1.807, 2.05) is 0 Å². The molecule has 2 rings (SSSR count). The van der Waals surface area contributed by atoms with Gasteiger partial charge in [-0.25, -0.2) is 4.99 Å². The van der Waals surface area contributed by atoms with E-state index in [0.29, 0.717) is 17.5 Å². The molecule has 148 valence electrons. The third kappa shape index (κ3) is 5.64. The number of nitrogens with one attached hydrogen (secondary N) is 1. The summed E-state index contributed by atoms with van der Waals surface area (Å²) in [5.74, 6) is -0.380. The lowest BCUT2D eigenvalue weighted by atomic mass is 10.0. The summed E-state index contributed by atoms with van der Waals surface area (Å²) in [5, 5.41) is 12.2. The van der Waals surface area contributed by atoms with Gasteiger partial charge in [-0.1, -0.05) is 12.1 Å². The molecule has 1 aromatic rings. The summed E-state index contributed by atoms with van der Waals surface area (Å²) >= 11 is 0. The Bertz CT molecular complexity index is 724. The van der Waals surface area contributed by atoms with Gasteiger partial charge in [-0.05, 0) is 25.3 Å². The number of aliphatic imine (C=N–C) groups is 1. The summed E-state index contributed by atoms with van der Waals surface area (Å²) in [6.07, 6.45) is -4.87. The fourth-order valence-electron chi connectivity index (χ4n) is 2.66. The maximum absolute atomic E-state index is 12.9. The van der Waals surface area contributed by atoms with E-state index in [2.05, 4.69) is 10.4 Å². The van der Waals surface area contributed by atoms with Crippen LogP contribution in [-0.4, -0.2) is 41.2 Å². The van der Waals surface area contributed by atoms with E-state index in [-0.39, 0.29) is 37.6 Å². The number of hydrogen-bond donors (Lipinski definition) is 1. The van der Waals surface area contributed by atoms with E-state index < -0.39 is 17.3 Å². The van der Waals surface area contributed by atoms with Gasteiger partial charge in [-0.2, -0.15) is 18.2 Å². The molecular weight excluding hydrogens is 369 g/mol. The number of alkyl halides is 3. The first-order valence-corrected chi connectivity index (χ1v) is 8.25. The fraction of sp³-hybridized carbons (Fsp3) is 0.500. The zero-order valence-electron chi connectivity index (χ0n) is 14.5. The summed E-state index contributed by atoms with van der Waals surface area (Å²) in [6, 6.07) is 4.27. The summed E-state index contributed by atoms with van der Waals surface area (Å²) in [6.45, 7) is 1.74. The minimum atomic E-state index is -4.56. The molecule has 1 heterocycles. The maximum atomic E-state index is 12.9. The Morgan fingerprint density at radius 3 is 2.81 bits per heavy atom. The summed E-state index contributed by atoms with van der Waals surface area (Å²) < 4.78 is 43.5. The molecule has 1 unspecified atom stereocenters. The lowest BCUT2D eigenvalue weighted by Crippen LogP contribution is -2.45. The smallest absolute Gasteiger partial charge is 0.425 e. The number of esters is 1. The summed E-state index contributed by atoms with van der Waals surface area (Å²) in [7, 11) is 0. The van der Waals surface area contributed by atoms with Gasteiger partial charge < -0.3 is 10.2 Å². The van der Waals surface area contributed by atoms with Crippen molar-refractivity contribution in [3.63, 3.8) is 0 Å². The number of nitro benzene ring substituents is 1. The van der Waals surface area contributed by atoms with Crippen LogP contribution in [0, 0.1) is 10.1 Å². The normalized spacial score (nSPS) is 17.0. The van der Waals surface area contributed by atoms with Crippen molar-refractivity contribution in [2.24, 2.45) is 4.99 Å². The third-order valence-corrected chi connectivity index (χ3v) is 3.86. The molecule has 1 aliphatic heterocycles. The lowest BCUT2D eigenvalue weighted by molar-refractivity contribution is -0.385. The molecule has 0 amide bonds. The Morgan fingerprint density at radius 2 is 2.19 bits per heavy atom. The highest BCUT2D eigenvalue weighted by Crippen LogP contribution is 2.29. The summed E-state index contributed by atoms with van der Waals surface area (Å²) in [4.78, 5) is 25.4. The van der Waals surface area contributed by atoms with Crippen LogP contribution in [0.15, 0.2) is 23.2 Å². The van der Waals surface area contributed by atoms with Gasteiger partial charge in [0.1, 0.15) is 0 Å². The van der Waals surface area contributed by atoms with Crippen molar-refractivity contribution in [3.05, 3.63) is 39.4 Å². The molecule has 0 radical (unpaired) electrons. The molecular formula is C16H19F3N4O4. The molecule has 0 saturated heterocycles. The van der Waals surface area contributed by atoms with E-state index in [9.17, 15) is 28.1 Å². The largest absolute Gasteiger partial charge is 0.466 e. The van der Waals surface area contributed by atoms with Crippen molar-refractivity contribution in [2.45, 2.75) is 45.1 Å². The van der Waals surface area contributed by atoms with Crippen LogP contribution in [0.2, 0.25) is 0 Å². The lowest BCUT2D eigenvalue weighted by Gasteiger charge is -2.24. The third-order valence-electron chi connectivity index (χ3n) is 3.86. The molecule has 0 aromatic heterocycles. The molecule has 0 fully saturated rings. The van der Waals surface area contributed by atoms with Crippen molar-refractivity contribution < 1.29 is 27.6 Å². The first-order valence-electron chi connectivity index (χ1n) is 8.25. The number of rotatable bonds is 8. The Hall–Kier alpha value is -2.69. The molecule has 1 aromatic carbocycles. The zero-order chi connectivity index (χ0) is 20.0. The maximum Gasteiger partial charge on any atom is 0.425 e.